The van der Waals surface area contributed by atoms with Crippen molar-refractivity contribution in [2.75, 3.05) is 12.3 Å². The Morgan fingerprint density at radius 2 is 2.25 bits per heavy atom. The Morgan fingerprint density at radius 3 is 2.81 bits per heavy atom. The molecule has 1 aromatic heterocycles. The molecule has 1 heterocycles. The Balaban J connectivity index is 1.97. The molecule has 1 aliphatic carbocycles. The normalized spacial score (nSPS) is 17.9. The summed E-state index contributed by atoms with van der Waals surface area (Å²) in [7, 11) is 0. The summed E-state index contributed by atoms with van der Waals surface area (Å²) in [6.45, 7) is -2.57. The second-order valence-electron chi connectivity index (χ2n) is 3.52. The van der Waals surface area contributed by atoms with Crippen molar-refractivity contribution in [1.29, 1.82) is 0 Å². The zero-order valence-corrected chi connectivity index (χ0v) is 8.36. The molecule has 0 bridgehead atoms. The number of anilines is 1. The monoisotopic (exact) mass is 223 g/mol. The van der Waals surface area contributed by atoms with Gasteiger partial charge in [0.2, 0.25) is 5.91 Å². The number of hydrogen-bond donors (Lipinski definition) is 2. The third kappa shape index (κ3) is 2.33. The van der Waals surface area contributed by atoms with E-state index in [1.54, 1.807) is 5.32 Å². The highest BCUT2D eigenvalue weighted by Crippen LogP contribution is 2.29. The Hall–Kier alpha value is -1.98. The van der Waals surface area contributed by atoms with Crippen molar-refractivity contribution >= 4 is 17.6 Å². The van der Waals surface area contributed by atoms with Crippen LogP contribution in [0.25, 0.3) is 0 Å². The van der Waals surface area contributed by atoms with Crippen molar-refractivity contribution in [3.05, 3.63) is 17.8 Å². The van der Waals surface area contributed by atoms with Crippen LogP contribution in [0.2, 0.25) is 0 Å². The van der Waals surface area contributed by atoms with Gasteiger partial charge in [0, 0.05) is 17.0 Å². The number of carbonyl (C=O) groups is 2. The minimum atomic E-state index is -2.57. The van der Waals surface area contributed by atoms with Gasteiger partial charge in [-0.15, -0.1) is 10.2 Å². The van der Waals surface area contributed by atoms with Crippen LogP contribution in [0, 0.1) is 5.92 Å². The van der Waals surface area contributed by atoms with Crippen LogP contribution >= 0.6 is 0 Å². The van der Waals surface area contributed by atoms with Gasteiger partial charge in [0.05, 0.1) is 0 Å². The van der Waals surface area contributed by atoms with E-state index in [2.05, 4.69) is 15.5 Å². The molecule has 0 aromatic carbocycles. The molecule has 0 unspecified atom stereocenters. The Labute approximate surface area is 96.7 Å². The van der Waals surface area contributed by atoms with E-state index in [0.29, 0.717) is 0 Å². The summed E-state index contributed by atoms with van der Waals surface area (Å²) in [4.78, 5) is 22.9. The Morgan fingerprint density at radius 1 is 1.44 bits per heavy atom. The van der Waals surface area contributed by atoms with Gasteiger partial charge >= 0.3 is 0 Å². The van der Waals surface area contributed by atoms with Crippen LogP contribution in [-0.2, 0) is 4.79 Å². The predicted molar refractivity (Wildman–Crippen MR) is 56.8 cm³/mol. The summed E-state index contributed by atoms with van der Waals surface area (Å²) < 4.78 is 20.7. The number of aromatic nitrogens is 2. The van der Waals surface area contributed by atoms with E-state index < -0.39 is 12.9 Å². The largest absolute Gasteiger partial charge is 0.354 e. The number of hydrogen-bond acceptors (Lipinski definition) is 4. The molecule has 2 N–H and O–H groups in total. The lowest BCUT2D eigenvalue weighted by molar-refractivity contribution is -0.117. The van der Waals surface area contributed by atoms with Crippen LogP contribution in [-0.4, -0.2) is 29.0 Å². The molecule has 84 valence electrons. The summed E-state index contributed by atoms with van der Waals surface area (Å²) in [6, 6.07) is 2.71. The maximum Gasteiger partial charge on any atom is 0.271 e. The molecular weight excluding hydrogens is 208 g/mol. The summed E-state index contributed by atoms with van der Waals surface area (Å²) in [5.41, 5.74) is -0.124. The van der Waals surface area contributed by atoms with Crippen LogP contribution < -0.4 is 10.6 Å². The maximum absolute atomic E-state index is 11.5. The molecule has 6 nitrogen and oxygen atoms in total. The van der Waals surface area contributed by atoms with E-state index >= 15 is 0 Å². The highest BCUT2D eigenvalue weighted by atomic mass is 16.2. The van der Waals surface area contributed by atoms with Gasteiger partial charge in [-0.25, -0.2) is 0 Å². The van der Waals surface area contributed by atoms with Crippen molar-refractivity contribution in [1.82, 2.24) is 15.5 Å². The van der Waals surface area contributed by atoms with Crippen LogP contribution in [0.5, 0.6) is 0 Å². The first-order chi connectivity index (χ1) is 8.85. The molecule has 0 radical (unpaired) electrons. The summed E-state index contributed by atoms with van der Waals surface area (Å²) >= 11 is 0. The topological polar surface area (TPSA) is 84.0 Å². The van der Waals surface area contributed by atoms with Crippen molar-refractivity contribution < 1.29 is 13.7 Å². The first kappa shape index (κ1) is 7.32. The highest BCUT2D eigenvalue weighted by molar-refractivity contribution is 5.94. The average Bonchev–Trinajstić information content (AvgIpc) is 3.11. The molecule has 2 amide bonds. The van der Waals surface area contributed by atoms with Crippen molar-refractivity contribution in [2.45, 2.75) is 12.8 Å². The number of rotatable bonds is 3. The van der Waals surface area contributed by atoms with Crippen molar-refractivity contribution in [3.8, 4) is 0 Å². The summed E-state index contributed by atoms with van der Waals surface area (Å²) in [5, 5.41) is 11.6. The number of amides is 2. The van der Waals surface area contributed by atoms with Gasteiger partial charge < -0.3 is 10.6 Å². The van der Waals surface area contributed by atoms with Gasteiger partial charge in [-0.1, -0.05) is 0 Å². The lowest BCUT2D eigenvalue weighted by atomic mass is 10.3. The molecule has 2 rings (SSSR count). The van der Waals surface area contributed by atoms with E-state index in [4.69, 9.17) is 4.11 Å². The third-order valence-electron chi connectivity index (χ3n) is 2.21. The molecule has 1 fully saturated rings. The molecular formula is C10H12N4O2. The Kier molecular flexibility index (Phi) is 1.95. The molecule has 0 saturated heterocycles. The first-order valence-corrected chi connectivity index (χ1v) is 4.82. The van der Waals surface area contributed by atoms with E-state index in [1.165, 1.54) is 12.1 Å². The van der Waals surface area contributed by atoms with Gasteiger partial charge in [0.1, 0.15) is 0 Å². The second-order valence-corrected chi connectivity index (χ2v) is 3.52. The lowest BCUT2D eigenvalue weighted by Gasteiger charge is -2.02. The van der Waals surface area contributed by atoms with Crippen molar-refractivity contribution in [3.63, 3.8) is 0 Å². The molecule has 0 spiro atoms. The quantitative estimate of drug-likeness (QED) is 0.765. The van der Waals surface area contributed by atoms with Gasteiger partial charge in [-0.2, -0.15) is 0 Å². The fourth-order valence-corrected chi connectivity index (χ4v) is 1.16. The van der Waals surface area contributed by atoms with E-state index in [1.807, 2.05) is 0 Å². The Bertz CT molecular complexity index is 496. The van der Waals surface area contributed by atoms with Crippen LogP contribution in [0.1, 0.15) is 27.4 Å². The van der Waals surface area contributed by atoms with E-state index in [9.17, 15) is 9.59 Å². The zero-order valence-electron chi connectivity index (χ0n) is 11.4. The lowest BCUT2D eigenvalue weighted by Crippen LogP contribution is -2.20. The second kappa shape index (κ2) is 4.26. The maximum atomic E-state index is 11.5. The molecule has 1 aliphatic rings. The first-order valence-electron chi connectivity index (χ1n) is 6.32. The number of nitrogens with zero attached hydrogens (tertiary/aromatic N) is 2. The van der Waals surface area contributed by atoms with Gasteiger partial charge in [0.25, 0.3) is 5.91 Å². The average molecular weight is 223 g/mol. The molecule has 16 heavy (non-hydrogen) atoms. The number of carbonyl (C=O) groups excluding carboxylic acids is 2. The van der Waals surface area contributed by atoms with Crippen LogP contribution in [0.15, 0.2) is 12.1 Å². The minimum Gasteiger partial charge on any atom is -0.354 e. The van der Waals surface area contributed by atoms with E-state index in [-0.39, 0.29) is 23.3 Å². The fourth-order valence-electron chi connectivity index (χ4n) is 1.16. The minimum absolute atomic E-state index is 0.0420. The fraction of sp³-hybridized carbons (Fsp3) is 0.400. The summed E-state index contributed by atoms with van der Waals surface area (Å²) in [6.07, 6.45) is 1.75. The number of nitrogens with one attached hydrogen (secondary N) is 2. The molecule has 0 atom stereocenters. The van der Waals surface area contributed by atoms with Crippen LogP contribution in [0.3, 0.4) is 0 Å². The van der Waals surface area contributed by atoms with Crippen LogP contribution in [0.4, 0.5) is 5.82 Å². The standard InChI is InChI=1S/C10H12N4O2/c1-11-10(16)7-4-5-8(14-13-7)12-9(15)6-2-3-6/h4-6H,2-3H2,1H3,(H,11,16)(H,12,14,15)/i1D3. The highest BCUT2D eigenvalue weighted by Gasteiger charge is 2.29. The molecule has 1 aromatic rings. The van der Waals surface area contributed by atoms with Gasteiger partial charge in [-0.05, 0) is 25.0 Å². The smallest absolute Gasteiger partial charge is 0.271 e. The van der Waals surface area contributed by atoms with E-state index in [0.717, 1.165) is 12.8 Å². The summed E-state index contributed by atoms with van der Waals surface area (Å²) in [5.74, 6) is -0.677. The van der Waals surface area contributed by atoms with Crippen molar-refractivity contribution in [2.24, 2.45) is 5.92 Å². The molecule has 6 heteroatoms. The predicted octanol–water partition coefficient (Wildman–Crippen LogP) is 0.185. The zero-order chi connectivity index (χ0) is 14.0. The van der Waals surface area contributed by atoms with Gasteiger partial charge in [-0.3, -0.25) is 9.59 Å². The third-order valence-corrected chi connectivity index (χ3v) is 2.21. The molecule has 0 aliphatic heterocycles. The van der Waals surface area contributed by atoms with Gasteiger partial charge in [0.15, 0.2) is 11.5 Å². The SMILES string of the molecule is [2H]C([2H])([2H])NC(=O)c1ccc(NC(=O)C2CC2)nn1. The molecule has 1 saturated carbocycles.